The molecule has 1 unspecified atom stereocenters. The summed E-state index contributed by atoms with van der Waals surface area (Å²) in [6.45, 7) is 3.51. The van der Waals surface area contributed by atoms with E-state index in [1.165, 1.54) is 6.33 Å². The highest BCUT2D eigenvalue weighted by Crippen LogP contribution is 2.33. The van der Waals surface area contributed by atoms with E-state index in [1.807, 2.05) is 35.2 Å². The first-order chi connectivity index (χ1) is 14.5. The minimum absolute atomic E-state index is 0.0446. The van der Waals surface area contributed by atoms with Crippen molar-refractivity contribution in [3.8, 4) is 0 Å². The molecule has 2 aromatic carbocycles. The molecule has 9 heteroatoms. The Kier molecular flexibility index (Phi) is 5.42. The number of aromatic nitrogens is 2. The standard InChI is InChI=1S/C21H22N6O3/c1-14-6-5-11-26(12-14)20-18(27(29)30)19(22-13-23-20)24-25-21(28)17-10-4-8-15-7-2-3-9-16(15)17/h2-4,7-10,13-14H,5-6,11-12H2,1H3,(H,25,28)(H,22,23,24). The number of benzene rings is 2. The SMILES string of the molecule is CC1CCCN(c2ncnc(NNC(=O)c3cccc4ccccc34)c2[N+](=O)[O-])C1. The fourth-order valence-corrected chi connectivity index (χ4v) is 3.85. The number of amides is 1. The number of nitrogens with one attached hydrogen (secondary N) is 2. The summed E-state index contributed by atoms with van der Waals surface area (Å²) in [5.41, 5.74) is 5.38. The zero-order chi connectivity index (χ0) is 21.1. The molecule has 2 heterocycles. The molecule has 1 aliphatic rings. The van der Waals surface area contributed by atoms with Gasteiger partial charge in [-0.05, 0) is 35.6 Å². The number of hydrogen-bond donors (Lipinski definition) is 2. The van der Waals surface area contributed by atoms with Gasteiger partial charge in [-0.1, -0.05) is 43.3 Å². The molecule has 9 nitrogen and oxygen atoms in total. The lowest BCUT2D eigenvalue weighted by molar-refractivity contribution is -0.383. The summed E-state index contributed by atoms with van der Waals surface area (Å²) in [5, 5.41) is 13.5. The van der Waals surface area contributed by atoms with Crippen molar-refractivity contribution in [2.24, 2.45) is 5.92 Å². The topological polar surface area (TPSA) is 113 Å². The summed E-state index contributed by atoms with van der Waals surface area (Å²) in [4.78, 5) is 34.1. The van der Waals surface area contributed by atoms with Gasteiger partial charge in [0.05, 0.1) is 4.92 Å². The molecule has 154 valence electrons. The maximum absolute atomic E-state index is 12.7. The van der Waals surface area contributed by atoms with E-state index in [2.05, 4.69) is 27.7 Å². The second-order valence-electron chi connectivity index (χ2n) is 7.45. The third-order valence-corrected chi connectivity index (χ3v) is 5.27. The van der Waals surface area contributed by atoms with E-state index >= 15 is 0 Å². The lowest BCUT2D eigenvalue weighted by Gasteiger charge is -2.31. The van der Waals surface area contributed by atoms with Crippen LogP contribution in [0.3, 0.4) is 0 Å². The van der Waals surface area contributed by atoms with Gasteiger partial charge in [0.25, 0.3) is 5.91 Å². The zero-order valence-electron chi connectivity index (χ0n) is 16.5. The van der Waals surface area contributed by atoms with E-state index in [0.29, 0.717) is 24.6 Å². The zero-order valence-corrected chi connectivity index (χ0v) is 16.5. The maximum Gasteiger partial charge on any atom is 0.355 e. The predicted octanol–water partition coefficient (Wildman–Crippen LogP) is 3.53. The van der Waals surface area contributed by atoms with Crippen LogP contribution in [-0.2, 0) is 0 Å². The average molecular weight is 406 g/mol. The van der Waals surface area contributed by atoms with Gasteiger partial charge < -0.3 is 4.90 Å². The van der Waals surface area contributed by atoms with Gasteiger partial charge in [-0.3, -0.25) is 25.8 Å². The predicted molar refractivity (Wildman–Crippen MR) is 114 cm³/mol. The summed E-state index contributed by atoms with van der Waals surface area (Å²) in [6, 6.07) is 12.9. The normalized spacial score (nSPS) is 16.3. The van der Waals surface area contributed by atoms with Crippen LogP contribution in [0.4, 0.5) is 17.3 Å². The summed E-state index contributed by atoms with van der Waals surface area (Å²) >= 11 is 0. The molecule has 1 aromatic heterocycles. The second kappa shape index (κ2) is 8.32. The van der Waals surface area contributed by atoms with E-state index in [0.717, 1.165) is 23.6 Å². The number of carbonyl (C=O) groups excluding carboxylic acids is 1. The lowest BCUT2D eigenvalue weighted by atomic mass is 10.0. The van der Waals surface area contributed by atoms with Gasteiger partial charge in [0, 0.05) is 18.7 Å². The summed E-state index contributed by atoms with van der Waals surface area (Å²) < 4.78 is 0. The Hall–Kier alpha value is -3.75. The minimum Gasteiger partial charge on any atom is -0.350 e. The molecule has 2 N–H and O–H groups in total. The lowest BCUT2D eigenvalue weighted by Crippen LogP contribution is -2.36. The molecule has 4 rings (SSSR count). The molecule has 0 spiro atoms. The van der Waals surface area contributed by atoms with Gasteiger partial charge in [-0.15, -0.1) is 0 Å². The van der Waals surface area contributed by atoms with Gasteiger partial charge in [0.15, 0.2) is 0 Å². The van der Waals surface area contributed by atoms with Crippen LogP contribution < -0.4 is 15.8 Å². The molecule has 0 bridgehead atoms. The number of fused-ring (bicyclic) bond motifs is 1. The van der Waals surface area contributed by atoms with Crippen LogP contribution in [0.5, 0.6) is 0 Å². The fraction of sp³-hybridized carbons (Fsp3) is 0.286. The smallest absolute Gasteiger partial charge is 0.350 e. The average Bonchev–Trinajstić information content (AvgIpc) is 2.76. The first-order valence-electron chi connectivity index (χ1n) is 9.83. The Morgan fingerprint density at radius 2 is 2.00 bits per heavy atom. The third kappa shape index (κ3) is 3.86. The molecule has 0 radical (unpaired) electrons. The Balaban J connectivity index is 1.59. The Bertz CT molecular complexity index is 1100. The van der Waals surface area contributed by atoms with Crippen molar-refractivity contribution in [1.29, 1.82) is 0 Å². The van der Waals surface area contributed by atoms with Crippen LogP contribution in [0.25, 0.3) is 10.8 Å². The number of hydrogen-bond acceptors (Lipinski definition) is 7. The Morgan fingerprint density at radius 1 is 1.20 bits per heavy atom. The fourth-order valence-electron chi connectivity index (χ4n) is 3.85. The van der Waals surface area contributed by atoms with Crippen molar-refractivity contribution < 1.29 is 9.72 Å². The summed E-state index contributed by atoms with van der Waals surface area (Å²) in [5.74, 6) is 0.240. The number of piperidine rings is 1. The molecular weight excluding hydrogens is 384 g/mol. The second-order valence-corrected chi connectivity index (χ2v) is 7.45. The highest BCUT2D eigenvalue weighted by molar-refractivity contribution is 6.07. The van der Waals surface area contributed by atoms with Crippen LogP contribution in [0.2, 0.25) is 0 Å². The van der Waals surface area contributed by atoms with E-state index in [-0.39, 0.29) is 17.3 Å². The molecule has 30 heavy (non-hydrogen) atoms. The van der Waals surface area contributed by atoms with Gasteiger partial charge in [0.2, 0.25) is 11.6 Å². The minimum atomic E-state index is -0.513. The molecule has 1 atom stereocenters. The van der Waals surface area contributed by atoms with E-state index in [9.17, 15) is 14.9 Å². The highest BCUT2D eigenvalue weighted by Gasteiger charge is 2.29. The Labute approximate surface area is 173 Å². The van der Waals surface area contributed by atoms with Crippen LogP contribution in [-0.4, -0.2) is 33.9 Å². The summed E-state index contributed by atoms with van der Waals surface area (Å²) in [7, 11) is 0. The van der Waals surface area contributed by atoms with Gasteiger partial charge >= 0.3 is 5.69 Å². The molecule has 1 amide bonds. The molecule has 0 aliphatic carbocycles. The molecule has 1 fully saturated rings. The largest absolute Gasteiger partial charge is 0.355 e. The van der Waals surface area contributed by atoms with E-state index < -0.39 is 10.8 Å². The van der Waals surface area contributed by atoms with Crippen molar-refractivity contribution in [3.05, 3.63) is 64.5 Å². The number of carbonyl (C=O) groups is 1. The quantitative estimate of drug-likeness (QED) is 0.492. The van der Waals surface area contributed by atoms with Crippen molar-refractivity contribution in [2.45, 2.75) is 19.8 Å². The molecule has 3 aromatic rings. The van der Waals surface area contributed by atoms with Crippen molar-refractivity contribution in [3.63, 3.8) is 0 Å². The van der Waals surface area contributed by atoms with Gasteiger partial charge in [-0.2, -0.15) is 0 Å². The van der Waals surface area contributed by atoms with Crippen LogP contribution in [0.1, 0.15) is 30.1 Å². The Morgan fingerprint density at radius 3 is 2.80 bits per heavy atom. The third-order valence-electron chi connectivity index (χ3n) is 5.27. The highest BCUT2D eigenvalue weighted by atomic mass is 16.6. The molecule has 1 aliphatic heterocycles. The van der Waals surface area contributed by atoms with Crippen LogP contribution in [0.15, 0.2) is 48.8 Å². The number of nitrogens with zero attached hydrogens (tertiary/aromatic N) is 4. The van der Waals surface area contributed by atoms with Gasteiger partial charge in [0.1, 0.15) is 6.33 Å². The number of hydrazine groups is 1. The van der Waals surface area contributed by atoms with Crippen molar-refractivity contribution >= 4 is 34.0 Å². The molecular formula is C21H22N6O3. The monoisotopic (exact) mass is 406 g/mol. The van der Waals surface area contributed by atoms with Crippen LogP contribution in [0, 0.1) is 16.0 Å². The van der Waals surface area contributed by atoms with E-state index in [4.69, 9.17) is 0 Å². The van der Waals surface area contributed by atoms with Gasteiger partial charge in [-0.25, -0.2) is 9.97 Å². The number of nitro groups is 1. The van der Waals surface area contributed by atoms with E-state index in [1.54, 1.807) is 12.1 Å². The number of rotatable bonds is 5. The van der Waals surface area contributed by atoms with Crippen LogP contribution >= 0.6 is 0 Å². The van der Waals surface area contributed by atoms with Crippen molar-refractivity contribution in [2.75, 3.05) is 23.4 Å². The van der Waals surface area contributed by atoms with Crippen molar-refractivity contribution in [1.82, 2.24) is 15.4 Å². The first-order valence-corrected chi connectivity index (χ1v) is 9.83. The molecule has 1 saturated heterocycles. The first kappa shape index (κ1) is 19.6. The number of anilines is 2. The summed E-state index contributed by atoms with van der Waals surface area (Å²) in [6.07, 6.45) is 3.30. The maximum atomic E-state index is 12.7. The molecule has 0 saturated carbocycles.